The number of carboxylic acids is 1. The molecule has 0 aromatic carbocycles. The summed E-state index contributed by atoms with van der Waals surface area (Å²) in [4.78, 5) is 19.5. The second-order valence-corrected chi connectivity index (χ2v) is 4.60. The molecular formula is C14H19N3O2. The number of hydrogen-bond donors (Lipinski definition) is 2. The Kier molecular flexibility index (Phi) is 5.31. The van der Waals surface area contributed by atoms with Gasteiger partial charge in [-0.15, -0.1) is 6.42 Å². The van der Waals surface area contributed by atoms with Crippen molar-refractivity contribution in [1.82, 2.24) is 9.97 Å². The van der Waals surface area contributed by atoms with Gasteiger partial charge in [0.2, 0.25) is 0 Å². The standard InChI is InChI=1S/C14H19N3O2/c1-5-7-10(6-2)16-11-8-15-13(9(3)4)17-12(11)14(18)19/h2,8-10,16H,5,7H2,1,3-4H3,(H,18,19). The SMILES string of the molecule is C#CC(CCC)Nc1cnc(C(C)C)nc1C(=O)O. The lowest BCUT2D eigenvalue weighted by Crippen LogP contribution is -2.20. The molecule has 5 nitrogen and oxygen atoms in total. The summed E-state index contributed by atoms with van der Waals surface area (Å²) >= 11 is 0. The first-order valence-corrected chi connectivity index (χ1v) is 6.32. The Labute approximate surface area is 113 Å². The molecule has 0 amide bonds. The van der Waals surface area contributed by atoms with Gasteiger partial charge in [-0.05, 0) is 6.42 Å². The van der Waals surface area contributed by atoms with Crippen molar-refractivity contribution in [2.24, 2.45) is 0 Å². The van der Waals surface area contributed by atoms with Gasteiger partial charge in [0.05, 0.1) is 17.9 Å². The van der Waals surface area contributed by atoms with Crippen LogP contribution in [0.1, 0.15) is 55.8 Å². The van der Waals surface area contributed by atoms with Gasteiger partial charge >= 0.3 is 5.97 Å². The van der Waals surface area contributed by atoms with Gasteiger partial charge in [-0.25, -0.2) is 14.8 Å². The Bertz CT molecular complexity index is 492. The molecule has 1 aromatic heterocycles. The summed E-state index contributed by atoms with van der Waals surface area (Å²) in [5, 5.41) is 12.2. The van der Waals surface area contributed by atoms with Crippen molar-refractivity contribution in [1.29, 1.82) is 0 Å². The Hall–Kier alpha value is -2.09. The second-order valence-electron chi connectivity index (χ2n) is 4.60. The van der Waals surface area contributed by atoms with Gasteiger partial charge < -0.3 is 10.4 Å². The number of nitrogens with zero attached hydrogens (tertiary/aromatic N) is 2. The third-order valence-corrected chi connectivity index (χ3v) is 2.63. The minimum Gasteiger partial charge on any atom is -0.476 e. The Balaban J connectivity index is 3.07. The van der Waals surface area contributed by atoms with Crippen molar-refractivity contribution in [2.45, 2.75) is 45.6 Å². The predicted octanol–water partition coefficient (Wildman–Crippen LogP) is 2.51. The van der Waals surface area contributed by atoms with E-state index in [0.29, 0.717) is 11.5 Å². The van der Waals surface area contributed by atoms with Crippen LogP contribution in [0, 0.1) is 12.3 Å². The number of carboxylic acid groups (broad SMARTS) is 1. The summed E-state index contributed by atoms with van der Waals surface area (Å²) in [7, 11) is 0. The van der Waals surface area contributed by atoms with Crippen molar-refractivity contribution in [3.05, 3.63) is 17.7 Å². The number of rotatable bonds is 6. The van der Waals surface area contributed by atoms with E-state index in [1.54, 1.807) is 0 Å². The van der Waals surface area contributed by atoms with Crippen LogP contribution in [-0.4, -0.2) is 27.1 Å². The summed E-state index contributed by atoms with van der Waals surface area (Å²) in [6, 6.07) is -0.211. The van der Waals surface area contributed by atoms with Gasteiger partial charge in [-0.1, -0.05) is 33.1 Å². The number of aromatic carboxylic acids is 1. The van der Waals surface area contributed by atoms with Crippen molar-refractivity contribution >= 4 is 11.7 Å². The maximum absolute atomic E-state index is 11.2. The molecule has 1 unspecified atom stereocenters. The number of aromatic nitrogens is 2. The highest BCUT2D eigenvalue weighted by molar-refractivity contribution is 5.91. The second kappa shape index (κ2) is 6.74. The van der Waals surface area contributed by atoms with Crippen molar-refractivity contribution < 1.29 is 9.90 Å². The van der Waals surface area contributed by atoms with Gasteiger partial charge in [0.1, 0.15) is 5.82 Å². The minimum absolute atomic E-state index is 0.0324. The average molecular weight is 261 g/mol. The molecule has 0 fully saturated rings. The summed E-state index contributed by atoms with van der Waals surface area (Å²) in [5.41, 5.74) is 0.336. The van der Waals surface area contributed by atoms with Crippen LogP contribution in [0.15, 0.2) is 6.20 Å². The molecule has 0 aliphatic heterocycles. The van der Waals surface area contributed by atoms with E-state index in [0.717, 1.165) is 12.8 Å². The summed E-state index contributed by atoms with van der Waals surface area (Å²) in [5.74, 6) is 2.10. The minimum atomic E-state index is -1.08. The molecule has 1 heterocycles. The monoisotopic (exact) mass is 261 g/mol. The fourth-order valence-corrected chi connectivity index (χ4v) is 1.62. The molecular weight excluding hydrogens is 242 g/mol. The molecule has 0 radical (unpaired) electrons. The average Bonchev–Trinajstić information content (AvgIpc) is 2.37. The third kappa shape index (κ3) is 3.95. The van der Waals surface area contributed by atoms with E-state index in [1.165, 1.54) is 6.20 Å². The van der Waals surface area contributed by atoms with E-state index in [9.17, 15) is 9.90 Å². The topological polar surface area (TPSA) is 75.1 Å². The molecule has 0 bridgehead atoms. The Morgan fingerprint density at radius 3 is 2.74 bits per heavy atom. The molecule has 2 N–H and O–H groups in total. The number of hydrogen-bond acceptors (Lipinski definition) is 4. The maximum Gasteiger partial charge on any atom is 0.356 e. The zero-order valence-electron chi connectivity index (χ0n) is 11.5. The first kappa shape index (κ1) is 15.0. The maximum atomic E-state index is 11.2. The lowest BCUT2D eigenvalue weighted by Gasteiger charge is -2.15. The van der Waals surface area contributed by atoms with Crippen molar-refractivity contribution in [3.8, 4) is 12.3 Å². The highest BCUT2D eigenvalue weighted by atomic mass is 16.4. The fraction of sp³-hybridized carbons (Fsp3) is 0.500. The lowest BCUT2D eigenvalue weighted by atomic mass is 10.1. The zero-order valence-corrected chi connectivity index (χ0v) is 11.5. The van der Waals surface area contributed by atoms with E-state index < -0.39 is 5.97 Å². The van der Waals surface area contributed by atoms with E-state index in [2.05, 4.69) is 21.2 Å². The first-order chi connectivity index (χ1) is 8.99. The zero-order chi connectivity index (χ0) is 14.4. The van der Waals surface area contributed by atoms with Gasteiger partial charge in [0, 0.05) is 5.92 Å². The van der Waals surface area contributed by atoms with Crippen LogP contribution >= 0.6 is 0 Å². The van der Waals surface area contributed by atoms with Crippen LogP contribution in [0.25, 0.3) is 0 Å². The van der Waals surface area contributed by atoms with Crippen LogP contribution < -0.4 is 5.32 Å². The molecule has 19 heavy (non-hydrogen) atoms. The van der Waals surface area contributed by atoms with Gasteiger partial charge in [0.15, 0.2) is 5.69 Å². The van der Waals surface area contributed by atoms with E-state index in [1.807, 2.05) is 20.8 Å². The molecule has 102 valence electrons. The van der Waals surface area contributed by atoms with E-state index >= 15 is 0 Å². The molecule has 1 rings (SSSR count). The number of nitrogens with one attached hydrogen (secondary N) is 1. The largest absolute Gasteiger partial charge is 0.476 e. The summed E-state index contributed by atoms with van der Waals surface area (Å²) in [6.45, 7) is 5.84. The van der Waals surface area contributed by atoms with Crippen LogP contribution in [0.5, 0.6) is 0 Å². The highest BCUT2D eigenvalue weighted by Gasteiger charge is 2.17. The smallest absolute Gasteiger partial charge is 0.356 e. The van der Waals surface area contributed by atoms with E-state index in [4.69, 9.17) is 6.42 Å². The number of carbonyl (C=O) groups is 1. The molecule has 0 saturated carbocycles. The molecule has 0 spiro atoms. The Morgan fingerprint density at radius 1 is 1.58 bits per heavy atom. The van der Waals surface area contributed by atoms with Gasteiger partial charge in [-0.3, -0.25) is 0 Å². The van der Waals surface area contributed by atoms with Crippen LogP contribution in [0.2, 0.25) is 0 Å². The van der Waals surface area contributed by atoms with Gasteiger partial charge in [0.25, 0.3) is 0 Å². The molecule has 0 saturated heterocycles. The van der Waals surface area contributed by atoms with Crippen LogP contribution in [0.3, 0.4) is 0 Å². The van der Waals surface area contributed by atoms with Crippen LogP contribution in [0.4, 0.5) is 5.69 Å². The molecule has 1 atom stereocenters. The number of anilines is 1. The van der Waals surface area contributed by atoms with Gasteiger partial charge in [-0.2, -0.15) is 0 Å². The summed E-state index contributed by atoms with van der Waals surface area (Å²) in [6.07, 6.45) is 8.58. The quantitative estimate of drug-likeness (QED) is 0.769. The third-order valence-electron chi connectivity index (χ3n) is 2.63. The Morgan fingerprint density at radius 2 is 2.26 bits per heavy atom. The first-order valence-electron chi connectivity index (χ1n) is 6.32. The lowest BCUT2D eigenvalue weighted by molar-refractivity contribution is 0.0691. The predicted molar refractivity (Wildman–Crippen MR) is 74.2 cm³/mol. The van der Waals surface area contributed by atoms with Crippen molar-refractivity contribution in [2.75, 3.05) is 5.32 Å². The molecule has 5 heteroatoms. The molecule has 0 aliphatic rings. The van der Waals surface area contributed by atoms with Crippen molar-refractivity contribution in [3.63, 3.8) is 0 Å². The normalized spacial score (nSPS) is 11.9. The molecule has 0 aliphatic carbocycles. The fourth-order valence-electron chi connectivity index (χ4n) is 1.62. The van der Waals surface area contributed by atoms with E-state index in [-0.39, 0.29) is 17.7 Å². The molecule has 1 aromatic rings. The van der Waals surface area contributed by atoms with Crippen LogP contribution in [-0.2, 0) is 0 Å². The number of terminal acetylenes is 1. The highest BCUT2D eigenvalue weighted by Crippen LogP contribution is 2.18. The summed E-state index contributed by atoms with van der Waals surface area (Å²) < 4.78 is 0.